The molecule has 4 nitrogen and oxygen atoms in total. The predicted molar refractivity (Wildman–Crippen MR) is 62.0 cm³/mol. The lowest BCUT2D eigenvalue weighted by atomic mass is 9.85. The summed E-state index contributed by atoms with van der Waals surface area (Å²) in [4.78, 5) is 0. The van der Waals surface area contributed by atoms with Gasteiger partial charge in [0.1, 0.15) is 12.2 Å². The molecule has 1 aliphatic carbocycles. The Morgan fingerprint density at radius 3 is 2.29 bits per heavy atom. The minimum atomic E-state index is 0.242. The molecule has 98 valence electrons. The summed E-state index contributed by atoms with van der Waals surface area (Å²) in [7, 11) is 0. The molecule has 0 aromatic rings. The summed E-state index contributed by atoms with van der Waals surface area (Å²) in [5, 5.41) is 0. The first-order valence-electron chi connectivity index (χ1n) is 6.79. The Labute approximate surface area is 103 Å². The topological polar surface area (TPSA) is 43.5 Å². The van der Waals surface area contributed by atoms with Crippen molar-refractivity contribution >= 4 is 0 Å². The van der Waals surface area contributed by atoms with Crippen molar-refractivity contribution in [2.24, 2.45) is 5.92 Å². The molecule has 2 aliphatic heterocycles. The molecule has 0 aromatic carbocycles. The van der Waals surface area contributed by atoms with E-state index in [4.69, 9.17) is 18.9 Å². The average molecular weight is 242 g/mol. The molecule has 0 spiro atoms. The highest BCUT2D eigenvalue weighted by Gasteiger charge is 2.35. The predicted octanol–water partition coefficient (Wildman–Crippen LogP) is 1.37. The summed E-state index contributed by atoms with van der Waals surface area (Å²) in [5.74, 6) is 0.590. The van der Waals surface area contributed by atoms with Crippen LogP contribution in [0.4, 0.5) is 0 Å². The summed E-state index contributed by atoms with van der Waals surface area (Å²) in [6, 6.07) is 0. The van der Waals surface area contributed by atoms with E-state index in [-0.39, 0.29) is 12.2 Å². The standard InChI is InChI=1S/C13H22O4/c1-9-3-2-4-12(16-7-10-5-14-10)13(9)17-8-11-6-15-11/h9-13H,2-8H2,1H3. The van der Waals surface area contributed by atoms with Gasteiger partial charge in [-0.3, -0.25) is 0 Å². The van der Waals surface area contributed by atoms with E-state index in [0.717, 1.165) is 32.8 Å². The second-order valence-electron chi connectivity index (χ2n) is 5.49. The molecule has 4 heteroatoms. The van der Waals surface area contributed by atoms with Crippen LogP contribution in [-0.2, 0) is 18.9 Å². The van der Waals surface area contributed by atoms with Crippen LogP contribution in [0.3, 0.4) is 0 Å². The van der Waals surface area contributed by atoms with Crippen LogP contribution in [0, 0.1) is 5.92 Å². The first kappa shape index (κ1) is 11.9. The average Bonchev–Trinajstić information content (AvgIpc) is 3.18. The van der Waals surface area contributed by atoms with Crippen LogP contribution < -0.4 is 0 Å². The molecule has 5 atom stereocenters. The van der Waals surface area contributed by atoms with Gasteiger partial charge in [0, 0.05) is 0 Å². The third-order valence-electron chi connectivity index (χ3n) is 3.85. The maximum absolute atomic E-state index is 5.99. The van der Waals surface area contributed by atoms with E-state index in [1.54, 1.807) is 0 Å². The Hall–Kier alpha value is -0.160. The van der Waals surface area contributed by atoms with E-state index in [1.807, 2.05) is 0 Å². The molecule has 0 N–H and O–H groups in total. The van der Waals surface area contributed by atoms with Crippen molar-refractivity contribution in [1.82, 2.24) is 0 Å². The van der Waals surface area contributed by atoms with Crippen LogP contribution >= 0.6 is 0 Å². The van der Waals surface area contributed by atoms with Gasteiger partial charge in [-0.2, -0.15) is 0 Å². The molecule has 0 bridgehead atoms. The third-order valence-corrected chi connectivity index (χ3v) is 3.85. The molecule has 1 saturated carbocycles. The van der Waals surface area contributed by atoms with Gasteiger partial charge in [0.15, 0.2) is 0 Å². The smallest absolute Gasteiger partial charge is 0.104 e. The molecular formula is C13H22O4. The molecule has 2 saturated heterocycles. The summed E-state index contributed by atoms with van der Waals surface area (Å²) in [6.45, 7) is 5.46. The minimum Gasteiger partial charge on any atom is -0.373 e. The van der Waals surface area contributed by atoms with Crippen molar-refractivity contribution in [2.45, 2.75) is 50.6 Å². The molecule has 3 rings (SSSR count). The monoisotopic (exact) mass is 242 g/mol. The zero-order valence-electron chi connectivity index (χ0n) is 10.5. The van der Waals surface area contributed by atoms with E-state index in [0.29, 0.717) is 18.1 Å². The van der Waals surface area contributed by atoms with E-state index in [1.165, 1.54) is 12.8 Å². The van der Waals surface area contributed by atoms with Gasteiger partial charge in [-0.25, -0.2) is 0 Å². The molecule has 0 radical (unpaired) electrons. The summed E-state index contributed by atoms with van der Waals surface area (Å²) in [5.41, 5.74) is 0. The lowest BCUT2D eigenvalue weighted by Crippen LogP contribution is -2.41. The molecule has 0 amide bonds. The maximum Gasteiger partial charge on any atom is 0.104 e. The van der Waals surface area contributed by atoms with Gasteiger partial charge in [0.05, 0.1) is 38.6 Å². The Kier molecular flexibility index (Phi) is 3.66. The van der Waals surface area contributed by atoms with Crippen LogP contribution in [0.5, 0.6) is 0 Å². The van der Waals surface area contributed by atoms with Gasteiger partial charge in [-0.05, 0) is 18.8 Å². The van der Waals surface area contributed by atoms with Crippen molar-refractivity contribution in [3.05, 3.63) is 0 Å². The van der Waals surface area contributed by atoms with Crippen molar-refractivity contribution in [2.75, 3.05) is 26.4 Å². The Morgan fingerprint density at radius 2 is 1.65 bits per heavy atom. The van der Waals surface area contributed by atoms with Crippen molar-refractivity contribution in [1.29, 1.82) is 0 Å². The SMILES string of the molecule is CC1CCCC(OCC2CO2)C1OCC1CO1. The number of hydrogen-bond donors (Lipinski definition) is 0. The number of hydrogen-bond acceptors (Lipinski definition) is 4. The molecule has 3 aliphatic rings. The van der Waals surface area contributed by atoms with E-state index in [9.17, 15) is 0 Å². The largest absolute Gasteiger partial charge is 0.373 e. The second kappa shape index (κ2) is 5.22. The quantitative estimate of drug-likeness (QED) is 0.660. The Balaban J connectivity index is 1.48. The summed E-state index contributed by atoms with van der Waals surface area (Å²) >= 11 is 0. The first-order chi connectivity index (χ1) is 8.33. The lowest BCUT2D eigenvalue weighted by Gasteiger charge is -2.36. The highest BCUT2D eigenvalue weighted by Crippen LogP contribution is 2.30. The fourth-order valence-electron chi connectivity index (χ4n) is 2.56. The van der Waals surface area contributed by atoms with Gasteiger partial charge in [-0.1, -0.05) is 13.3 Å². The number of rotatable bonds is 6. The van der Waals surface area contributed by atoms with Crippen LogP contribution in [0.1, 0.15) is 26.2 Å². The van der Waals surface area contributed by atoms with Gasteiger partial charge in [-0.15, -0.1) is 0 Å². The number of epoxide rings is 2. The molecule has 5 unspecified atom stereocenters. The molecular weight excluding hydrogens is 220 g/mol. The third kappa shape index (κ3) is 3.41. The summed E-state index contributed by atoms with van der Waals surface area (Å²) < 4.78 is 22.3. The van der Waals surface area contributed by atoms with Crippen LogP contribution in [0.25, 0.3) is 0 Å². The maximum atomic E-state index is 5.99. The lowest BCUT2D eigenvalue weighted by molar-refractivity contribution is -0.118. The van der Waals surface area contributed by atoms with Crippen molar-refractivity contribution in [3.63, 3.8) is 0 Å². The fourth-order valence-corrected chi connectivity index (χ4v) is 2.56. The van der Waals surface area contributed by atoms with Gasteiger partial charge in [0.25, 0.3) is 0 Å². The van der Waals surface area contributed by atoms with Gasteiger partial charge >= 0.3 is 0 Å². The molecule has 2 heterocycles. The second-order valence-corrected chi connectivity index (χ2v) is 5.49. The van der Waals surface area contributed by atoms with Crippen molar-refractivity contribution in [3.8, 4) is 0 Å². The van der Waals surface area contributed by atoms with E-state index >= 15 is 0 Å². The van der Waals surface area contributed by atoms with Crippen LogP contribution in [0.2, 0.25) is 0 Å². The van der Waals surface area contributed by atoms with Gasteiger partial charge < -0.3 is 18.9 Å². The minimum absolute atomic E-state index is 0.242. The van der Waals surface area contributed by atoms with Gasteiger partial charge in [0.2, 0.25) is 0 Å². The Morgan fingerprint density at radius 1 is 1.00 bits per heavy atom. The normalized spacial score (nSPS) is 44.6. The number of ether oxygens (including phenoxy) is 4. The van der Waals surface area contributed by atoms with Crippen molar-refractivity contribution < 1.29 is 18.9 Å². The van der Waals surface area contributed by atoms with Crippen LogP contribution in [0.15, 0.2) is 0 Å². The molecule has 3 fully saturated rings. The Bertz CT molecular complexity index is 250. The fraction of sp³-hybridized carbons (Fsp3) is 1.00. The highest BCUT2D eigenvalue weighted by molar-refractivity contribution is 4.84. The van der Waals surface area contributed by atoms with E-state index in [2.05, 4.69) is 6.92 Å². The van der Waals surface area contributed by atoms with E-state index < -0.39 is 0 Å². The first-order valence-corrected chi connectivity index (χ1v) is 6.79. The zero-order valence-corrected chi connectivity index (χ0v) is 10.5. The zero-order chi connectivity index (χ0) is 11.7. The summed E-state index contributed by atoms with van der Waals surface area (Å²) in [6.07, 6.45) is 4.80. The highest BCUT2D eigenvalue weighted by atomic mass is 16.6. The van der Waals surface area contributed by atoms with Crippen LogP contribution in [-0.4, -0.2) is 50.8 Å². The molecule has 0 aromatic heterocycles. The molecule has 17 heavy (non-hydrogen) atoms.